The van der Waals surface area contributed by atoms with E-state index in [9.17, 15) is 23.9 Å². The quantitative estimate of drug-likeness (QED) is 0.257. The maximum Gasteiger partial charge on any atom is 0.308 e. The van der Waals surface area contributed by atoms with E-state index >= 15 is 0 Å². The molecule has 7 nitrogen and oxygen atoms in total. The van der Waals surface area contributed by atoms with Gasteiger partial charge in [0.2, 0.25) is 0 Å². The molecule has 2 aromatic rings. The highest BCUT2D eigenvalue weighted by atomic mass is 19.1. The second-order valence-electron chi connectivity index (χ2n) is 6.66. The van der Waals surface area contributed by atoms with Crippen molar-refractivity contribution in [2.24, 2.45) is 0 Å². The summed E-state index contributed by atoms with van der Waals surface area (Å²) in [6, 6.07) is 10.4. The molecule has 1 amide bonds. The third kappa shape index (κ3) is 4.23. The van der Waals surface area contributed by atoms with Crippen molar-refractivity contribution in [2.45, 2.75) is 13.0 Å². The van der Waals surface area contributed by atoms with Crippen molar-refractivity contribution >= 4 is 23.4 Å². The Morgan fingerprint density at radius 2 is 1.87 bits per heavy atom. The van der Waals surface area contributed by atoms with E-state index in [1.54, 1.807) is 18.2 Å². The molecule has 0 bridgehead atoms. The van der Waals surface area contributed by atoms with Gasteiger partial charge in [-0.25, -0.2) is 4.39 Å². The molecule has 1 saturated heterocycles. The predicted octanol–water partition coefficient (Wildman–Crippen LogP) is 2.82. The van der Waals surface area contributed by atoms with Crippen LogP contribution in [0.5, 0.6) is 5.75 Å². The van der Waals surface area contributed by atoms with Crippen molar-refractivity contribution in [3.63, 3.8) is 0 Å². The number of carbonyl (C=O) groups is 3. The van der Waals surface area contributed by atoms with Gasteiger partial charge in [0.15, 0.2) is 0 Å². The van der Waals surface area contributed by atoms with E-state index in [2.05, 4.69) is 0 Å². The van der Waals surface area contributed by atoms with Crippen molar-refractivity contribution in [1.82, 2.24) is 4.90 Å². The third-order valence-electron chi connectivity index (χ3n) is 4.63. The van der Waals surface area contributed by atoms with Gasteiger partial charge >= 0.3 is 5.97 Å². The summed E-state index contributed by atoms with van der Waals surface area (Å²) < 4.78 is 23.4. The molecule has 30 heavy (non-hydrogen) atoms. The topological polar surface area (TPSA) is 93.1 Å². The Labute approximate surface area is 172 Å². The van der Waals surface area contributed by atoms with Crippen LogP contribution in [-0.2, 0) is 19.1 Å². The molecule has 1 heterocycles. The monoisotopic (exact) mass is 413 g/mol. The fourth-order valence-electron chi connectivity index (χ4n) is 3.32. The fraction of sp³-hybridized carbons (Fsp3) is 0.227. The first-order chi connectivity index (χ1) is 14.3. The second kappa shape index (κ2) is 8.87. The van der Waals surface area contributed by atoms with Crippen molar-refractivity contribution < 1.29 is 33.4 Å². The van der Waals surface area contributed by atoms with Gasteiger partial charge in [0.25, 0.3) is 11.7 Å². The summed E-state index contributed by atoms with van der Waals surface area (Å²) in [4.78, 5) is 38.1. The van der Waals surface area contributed by atoms with Gasteiger partial charge in [-0.1, -0.05) is 12.1 Å². The van der Waals surface area contributed by atoms with E-state index in [4.69, 9.17) is 9.47 Å². The van der Waals surface area contributed by atoms with Crippen LogP contribution in [-0.4, -0.2) is 47.9 Å². The molecule has 2 aromatic carbocycles. The number of benzene rings is 2. The van der Waals surface area contributed by atoms with Crippen LogP contribution in [0.25, 0.3) is 5.76 Å². The Balaban J connectivity index is 2.15. The molecule has 3 rings (SSSR count). The number of ether oxygens (including phenoxy) is 2. The summed E-state index contributed by atoms with van der Waals surface area (Å²) in [5, 5.41) is 10.8. The Hall–Kier alpha value is -3.52. The smallest absolute Gasteiger partial charge is 0.308 e. The van der Waals surface area contributed by atoms with E-state index in [1.807, 2.05) is 0 Å². The van der Waals surface area contributed by atoms with E-state index in [-0.39, 0.29) is 30.0 Å². The highest BCUT2D eigenvalue weighted by Gasteiger charge is 2.46. The zero-order valence-electron chi connectivity index (χ0n) is 16.4. The fourth-order valence-corrected chi connectivity index (χ4v) is 3.32. The number of carbonyl (C=O) groups excluding carboxylic acids is 3. The number of ketones is 1. The number of rotatable bonds is 6. The molecule has 1 aliphatic heterocycles. The average Bonchev–Trinajstić information content (AvgIpc) is 2.96. The van der Waals surface area contributed by atoms with E-state index in [0.717, 1.165) is 12.1 Å². The number of aliphatic hydroxyl groups is 1. The molecular formula is C22H20FNO6. The van der Waals surface area contributed by atoms with Gasteiger partial charge in [0, 0.05) is 26.1 Å². The lowest BCUT2D eigenvalue weighted by molar-refractivity contribution is -0.140. The van der Waals surface area contributed by atoms with E-state index < -0.39 is 35.3 Å². The normalized spacial score (nSPS) is 18.0. The first-order valence-electron chi connectivity index (χ1n) is 9.15. The molecular weight excluding hydrogens is 393 g/mol. The van der Waals surface area contributed by atoms with Crippen LogP contribution in [0.4, 0.5) is 4.39 Å². The van der Waals surface area contributed by atoms with Gasteiger partial charge in [-0.05, 0) is 42.0 Å². The molecule has 1 N–H and O–H groups in total. The molecule has 0 radical (unpaired) electrons. The molecule has 1 fully saturated rings. The number of likely N-dealkylation sites (tertiary alicyclic amines) is 1. The Morgan fingerprint density at radius 1 is 1.17 bits per heavy atom. The Kier molecular flexibility index (Phi) is 6.27. The minimum absolute atomic E-state index is 0.101. The summed E-state index contributed by atoms with van der Waals surface area (Å²) >= 11 is 0. The molecule has 0 spiro atoms. The number of aliphatic hydroxyl groups excluding tert-OH is 1. The SMILES string of the molecule is COCCN1C(=O)C(=O)/C(=C(\O)c2ccc(F)cc2)C1c1cccc(OC(C)=O)c1. The largest absolute Gasteiger partial charge is 0.507 e. The van der Waals surface area contributed by atoms with Crippen LogP contribution in [0.1, 0.15) is 24.1 Å². The van der Waals surface area contributed by atoms with Crippen molar-refractivity contribution in [2.75, 3.05) is 20.3 Å². The van der Waals surface area contributed by atoms with Crippen LogP contribution < -0.4 is 4.74 Å². The molecule has 0 saturated carbocycles. The van der Waals surface area contributed by atoms with Gasteiger partial charge in [0.05, 0.1) is 18.2 Å². The summed E-state index contributed by atoms with van der Waals surface area (Å²) in [5.41, 5.74) is 0.526. The van der Waals surface area contributed by atoms with Crippen molar-refractivity contribution in [1.29, 1.82) is 0 Å². The summed E-state index contributed by atoms with van der Waals surface area (Å²) in [7, 11) is 1.46. The van der Waals surface area contributed by atoms with Gasteiger partial charge in [-0.15, -0.1) is 0 Å². The molecule has 1 unspecified atom stereocenters. The Morgan fingerprint density at radius 3 is 2.50 bits per heavy atom. The molecule has 0 aliphatic carbocycles. The van der Waals surface area contributed by atoms with Crippen LogP contribution in [0, 0.1) is 5.82 Å². The highest BCUT2D eigenvalue weighted by Crippen LogP contribution is 2.40. The number of hydrogen-bond acceptors (Lipinski definition) is 6. The second-order valence-corrected chi connectivity index (χ2v) is 6.66. The number of hydrogen-bond donors (Lipinski definition) is 1. The lowest BCUT2D eigenvalue weighted by Gasteiger charge is -2.25. The predicted molar refractivity (Wildman–Crippen MR) is 105 cm³/mol. The molecule has 1 aliphatic rings. The van der Waals surface area contributed by atoms with Crippen LogP contribution in [0.2, 0.25) is 0 Å². The van der Waals surface area contributed by atoms with Gasteiger partial charge in [-0.2, -0.15) is 0 Å². The standard InChI is InChI=1S/C22H20FNO6/c1-13(25)30-17-5-3-4-15(12-17)19-18(20(26)14-6-8-16(23)9-7-14)21(27)22(28)24(19)10-11-29-2/h3-9,12,19,26H,10-11H2,1-2H3/b20-18-. The van der Waals surface area contributed by atoms with Crippen molar-refractivity contribution in [3.05, 3.63) is 71.0 Å². The maximum absolute atomic E-state index is 13.3. The van der Waals surface area contributed by atoms with Gasteiger partial charge in [0.1, 0.15) is 17.3 Å². The summed E-state index contributed by atoms with van der Waals surface area (Å²) in [6.07, 6.45) is 0. The third-order valence-corrected chi connectivity index (χ3v) is 4.63. The van der Waals surface area contributed by atoms with Gasteiger partial charge < -0.3 is 19.5 Å². The van der Waals surface area contributed by atoms with Crippen LogP contribution >= 0.6 is 0 Å². The number of Topliss-reactive ketones (excluding diaryl/α,β-unsaturated/α-hetero) is 1. The number of nitrogens with zero attached hydrogens (tertiary/aromatic N) is 1. The Bertz CT molecular complexity index is 1010. The van der Waals surface area contributed by atoms with E-state index in [0.29, 0.717) is 5.56 Å². The maximum atomic E-state index is 13.3. The summed E-state index contributed by atoms with van der Waals surface area (Å²) in [6.45, 7) is 1.53. The van der Waals surface area contributed by atoms with Crippen LogP contribution in [0.15, 0.2) is 54.1 Å². The van der Waals surface area contributed by atoms with Crippen molar-refractivity contribution in [3.8, 4) is 5.75 Å². The van der Waals surface area contributed by atoms with E-state index in [1.165, 1.54) is 37.1 Å². The molecule has 1 atom stereocenters. The lowest BCUT2D eigenvalue weighted by atomic mass is 9.95. The first-order valence-corrected chi connectivity index (χ1v) is 9.15. The molecule has 156 valence electrons. The van der Waals surface area contributed by atoms with Crippen LogP contribution in [0.3, 0.4) is 0 Å². The number of amides is 1. The lowest BCUT2D eigenvalue weighted by Crippen LogP contribution is -2.32. The number of halogens is 1. The minimum atomic E-state index is -0.930. The average molecular weight is 413 g/mol. The minimum Gasteiger partial charge on any atom is -0.507 e. The zero-order chi connectivity index (χ0) is 21.8. The number of methoxy groups -OCH3 is 1. The summed E-state index contributed by atoms with van der Waals surface area (Å²) in [5.74, 6) is -2.87. The molecule has 8 heteroatoms. The first kappa shape index (κ1) is 21.2. The van der Waals surface area contributed by atoms with Gasteiger partial charge in [-0.3, -0.25) is 14.4 Å². The zero-order valence-corrected chi connectivity index (χ0v) is 16.4. The number of esters is 1. The highest BCUT2D eigenvalue weighted by molar-refractivity contribution is 6.46. The molecule has 0 aromatic heterocycles.